The van der Waals surface area contributed by atoms with Crippen LogP contribution in [0, 0.1) is 5.41 Å². The van der Waals surface area contributed by atoms with Crippen LogP contribution in [0.2, 0.25) is 0 Å². The molecule has 0 amide bonds. The second-order valence-electron chi connectivity index (χ2n) is 5.51. The van der Waals surface area contributed by atoms with E-state index in [0.29, 0.717) is 32.6 Å². The Morgan fingerprint density at radius 2 is 2.20 bits per heavy atom. The van der Waals surface area contributed by atoms with Gasteiger partial charge in [0.2, 0.25) is 0 Å². The Morgan fingerprint density at radius 1 is 1.45 bits per heavy atom. The number of carboxylic acids is 1. The first-order valence-electron chi connectivity index (χ1n) is 7.02. The zero-order valence-electron chi connectivity index (χ0n) is 11.9. The molecule has 1 aliphatic heterocycles. The summed E-state index contributed by atoms with van der Waals surface area (Å²) in [4.78, 5) is 18.0. The Bertz CT molecular complexity index is 430. The normalized spacial score (nSPS) is 18.1. The van der Waals surface area contributed by atoms with Gasteiger partial charge in [-0.25, -0.2) is 0 Å². The molecule has 0 unspecified atom stereocenters. The van der Waals surface area contributed by atoms with Gasteiger partial charge < -0.3 is 14.7 Å². The summed E-state index contributed by atoms with van der Waals surface area (Å²) in [5.41, 5.74) is 0.382. The zero-order chi connectivity index (χ0) is 14.4. The van der Waals surface area contributed by atoms with E-state index in [-0.39, 0.29) is 0 Å². The molecule has 2 rings (SSSR count). The molecule has 0 radical (unpaired) electrons. The van der Waals surface area contributed by atoms with E-state index in [9.17, 15) is 9.90 Å². The molecule has 110 valence electrons. The molecule has 5 heteroatoms. The van der Waals surface area contributed by atoms with Gasteiger partial charge in [0, 0.05) is 44.6 Å². The Hall–Kier alpha value is -1.46. The number of rotatable bonds is 6. The molecule has 1 saturated heterocycles. The monoisotopic (exact) mass is 278 g/mol. The molecule has 1 fully saturated rings. The number of aromatic nitrogens is 1. The molecular weight excluding hydrogens is 256 g/mol. The number of likely N-dealkylation sites (N-methyl/N-ethyl adjacent to an activating group) is 1. The number of ether oxygens (including phenoxy) is 1. The van der Waals surface area contributed by atoms with Gasteiger partial charge in [-0.1, -0.05) is 6.07 Å². The molecule has 1 aromatic rings. The largest absolute Gasteiger partial charge is 0.481 e. The lowest BCUT2D eigenvalue weighted by Crippen LogP contribution is -2.46. The lowest BCUT2D eigenvalue weighted by atomic mass is 9.80. The number of carboxylic acid groups (broad SMARTS) is 1. The van der Waals surface area contributed by atoms with Crippen molar-refractivity contribution < 1.29 is 14.6 Å². The quantitative estimate of drug-likeness (QED) is 0.853. The molecule has 1 N–H and O–H groups in total. The van der Waals surface area contributed by atoms with E-state index in [1.165, 1.54) is 0 Å². The number of nitrogens with zero attached hydrogens (tertiary/aromatic N) is 2. The van der Waals surface area contributed by atoms with Crippen LogP contribution in [0.4, 0.5) is 0 Å². The van der Waals surface area contributed by atoms with Gasteiger partial charge in [0.1, 0.15) is 0 Å². The standard InChI is InChI=1S/C15H22N2O3/c1-17(9-5-13-4-2-3-8-16-13)12-15(14(18)19)6-10-20-11-7-15/h2-4,8H,5-7,9-12H2,1H3,(H,18,19). The highest BCUT2D eigenvalue weighted by Gasteiger charge is 2.40. The summed E-state index contributed by atoms with van der Waals surface area (Å²) in [5.74, 6) is -0.703. The van der Waals surface area contributed by atoms with Gasteiger partial charge in [0.25, 0.3) is 0 Å². The smallest absolute Gasteiger partial charge is 0.311 e. The third-order valence-electron chi connectivity index (χ3n) is 3.95. The Balaban J connectivity index is 1.88. The number of pyridine rings is 1. The molecule has 2 heterocycles. The maximum absolute atomic E-state index is 11.6. The van der Waals surface area contributed by atoms with Gasteiger partial charge in [0.15, 0.2) is 0 Å². The maximum Gasteiger partial charge on any atom is 0.311 e. The van der Waals surface area contributed by atoms with Crippen molar-refractivity contribution in [1.82, 2.24) is 9.88 Å². The van der Waals surface area contributed by atoms with Crippen molar-refractivity contribution in [2.75, 3.05) is 33.4 Å². The van der Waals surface area contributed by atoms with Crippen molar-refractivity contribution in [3.05, 3.63) is 30.1 Å². The minimum absolute atomic E-state index is 0.542. The number of hydrogen-bond acceptors (Lipinski definition) is 4. The van der Waals surface area contributed by atoms with Crippen molar-refractivity contribution >= 4 is 5.97 Å². The average Bonchev–Trinajstić information content (AvgIpc) is 2.47. The molecule has 20 heavy (non-hydrogen) atoms. The van der Waals surface area contributed by atoms with Crippen LogP contribution in [0.5, 0.6) is 0 Å². The molecule has 1 aliphatic rings. The zero-order valence-corrected chi connectivity index (χ0v) is 11.9. The molecule has 0 spiro atoms. The van der Waals surface area contributed by atoms with Crippen LogP contribution in [0.3, 0.4) is 0 Å². The number of carbonyl (C=O) groups is 1. The Morgan fingerprint density at radius 3 is 2.80 bits per heavy atom. The van der Waals surface area contributed by atoms with Crippen LogP contribution in [0.15, 0.2) is 24.4 Å². The minimum Gasteiger partial charge on any atom is -0.481 e. The van der Waals surface area contributed by atoms with E-state index < -0.39 is 11.4 Å². The molecule has 0 aliphatic carbocycles. The van der Waals surface area contributed by atoms with Crippen molar-refractivity contribution in [1.29, 1.82) is 0 Å². The maximum atomic E-state index is 11.6. The third-order valence-corrected chi connectivity index (χ3v) is 3.95. The van der Waals surface area contributed by atoms with E-state index >= 15 is 0 Å². The van der Waals surface area contributed by atoms with Crippen molar-refractivity contribution in [3.8, 4) is 0 Å². The summed E-state index contributed by atoms with van der Waals surface area (Å²) in [6.45, 7) is 2.46. The van der Waals surface area contributed by atoms with E-state index in [1.807, 2.05) is 25.2 Å². The summed E-state index contributed by atoms with van der Waals surface area (Å²) in [5, 5.41) is 9.53. The van der Waals surface area contributed by atoms with E-state index in [2.05, 4.69) is 9.88 Å². The summed E-state index contributed by atoms with van der Waals surface area (Å²) in [6.07, 6.45) is 3.81. The molecule has 1 aromatic heterocycles. The Kier molecular flexibility index (Phi) is 5.09. The minimum atomic E-state index is -0.703. The van der Waals surface area contributed by atoms with Crippen LogP contribution in [-0.2, 0) is 16.0 Å². The van der Waals surface area contributed by atoms with Crippen molar-refractivity contribution in [2.45, 2.75) is 19.3 Å². The van der Waals surface area contributed by atoms with E-state index in [1.54, 1.807) is 6.20 Å². The number of hydrogen-bond donors (Lipinski definition) is 1. The first-order valence-corrected chi connectivity index (χ1v) is 7.02. The summed E-state index contributed by atoms with van der Waals surface area (Å²) >= 11 is 0. The van der Waals surface area contributed by atoms with Crippen LogP contribution < -0.4 is 0 Å². The molecule has 0 bridgehead atoms. The van der Waals surface area contributed by atoms with E-state index in [0.717, 1.165) is 18.7 Å². The van der Waals surface area contributed by atoms with Gasteiger partial charge in [-0.2, -0.15) is 0 Å². The predicted octanol–water partition coefficient (Wildman–Crippen LogP) is 1.44. The van der Waals surface area contributed by atoms with Gasteiger partial charge in [-0.3, -0.25) is 9.78 Å². The molecule has 0 atom stereocenters. The Labute approximate surface area is 119 Å². The lowest BCUT2D eigenvalue weighted by Gasteiger charge is -2.36. The SMILES string of the molecule is CN(CCc1ccccn1)CC1(C(=O)O)CCOCC1. The second kappa shape index (κ2) is 6.81. The first-order chi connectivity index (χ1) is 9.62. The highest BCUT2D eigenvalue weighted by molar-refractivity contribution is 5.75. The topological polar surface area (TPSA) is 62.7 Å². The van der Waals surface area contributed by atoms with E-state index in [4.69, 9.17) is 4.74 Å². The van der Waals surface area contributed by atoms with Gasteiger partial charge in [-0.05, 0) is 32.0 Å². The lowest BCUT2D eigenvalue weighted by molar-refractivity contribution is -0.156. The van der Waals surface area contributed by atoms with Gasteiger partial charge >= 0.3 is 5.97 Å². The van der Waals surface area contributed by atoms with Crippen LogP contribution >= 0.6 is 0 Å². The third kappa shape index (κ3) is 3.77. The first kappa shape index (κ1) is 14.9. The average molecular weight is 278 g/mol. The molecule has 0 aromatic carbocycles. The van der Waals surface area contributed by atoms with Crippen LogP contribution in [-0.4, -0.2) is 54.3 Å². The molecule has 5 nitrogen and oxygen atoms in total. The van der Waals surface area contributed by atoms with Crippen LogP contribution in [0.25, 0.3) is 0 Å². The highest BCUT2D eigenvalue weighted by atomic mass is 16.5. The fraction of sp³-hybridized carbons (Fsp3) is 0.600. The highest BCUT2D eigenvalue weighted by Crippen LogP contribution is 2.31. The summed E-state index contributed by atoms with van der Waals surface area (Å²) < 4.78 is 5.29. The summed E-state index contributed by atoms with van der Waals surface area (Å²) in [6, 6.07) is 5.86. The second-order valence-corrected chi connectivity index (χ2v) is 5.51. The molecular formula is C15H22N2O3. The van der Waals surface area contributed by atoms with Crippen molar-refractivity contribution in [3.63, 3.8) is 0 Å². The fourth-order valence-electron chi connectivity index (χ4n) is 2.65. The number of aliphatic carboxylic acids is 1. The van der Waals surface area contributed by atoms with Gasteiger partial charge in [-0.15, -0.1) is 0 Å². The molecule has 0 saturated carbocycles. The fourth-order valence-corrected chi connectivity index (χ4v) is 2.65. The predicted molar refractivity (Wildman–Crippen MR) is 75.6 cm³/mol. The summed E-state index contributed by atoms with van der Waals surface area (Å²) in [7, 11) is 1.98. The van der Waals surface area contributed by atoms with Gasteiger partial charge in [0.05, 0.1) is 5.41 Å². The van der Waals surface area contributed by atoms with Crippen LogP contribution in [0.1, 0.15) is 18.5 Å². The van der Waals surface area contributed by atoms with Crippen molar-refractivity contribution in [2.24, 2.45) is 5.41 Å².